The molecule has 2 aromatic carbocycles. The Morgan fingerprint density at radius 2 is 1.77 bits per heavy atom. The first-order valence-corrected chi connectivity index (χ1v) is 10.2. The van der Waals surface area contributed by atoms with E-state index in [1.54, 1.807) is 30.6 Å². The van der Waals surface area contributed by atoms with Gasteiger partial charge < -0.3 is 16.4 Å². The van der Waals surface area contributed by atoms with E-state index in [1.807, 2.05) is 48.5 Å². The fourth-order valence-electron chi connectivity index (χ4n) is 3.05. The number of nitrogens with two attached hydrogens (primary N) is 1. The summed E-state index contributed by atoms with van der Waals surface area (Å²) in [5.74, 6) is -0.269. The Labute approximate surface area is 182 Å². The Morgan fingerprint density at radius 3 is 2.55 bits per heavy atom. The summed E-state index contributed by atoms with van der Waals surface area (Å²) in [7, 11) is 0. The minimum atomic E-state index is -0.230. The number of nitrogens with zero attached hydrogens (tertiary/aromatic N) is 1. The zero-order valence-corrected chi connectivity index (χ0v) is 17.3. The molecule has 6 heteroatoms. The van der Waals surface area contributed by atoms with Gasteiger partial charge in [-0.15, -0.1) is 0 Å². The molecular formula is C25H26N4O2. The smallest absolute Gasteiger partial charge is 0.248 e. The molecule has 0 saturated carbocycles. The van der Waals surface area contributed by atoms with Crippen molar-refractivity contribution in [1.29, 1.82) is 0 Å². The highest BCUT2D eigenvalue weighted by atomic mass is 16.2. The predicted molar refractivity (Wildman–Crippen MR) is 125 cm³/mol. The molecule has 31 heavy (non-hydrogen) atoms. The molecule has 0 fully saturated rings. The second-order valence-electron chi connectivity index (χ2n) is 7.10. The zero-order valence-electron chi connectivity index (χ0n) is 17.3. The number of anilines is 3. The summed E-state index contributed by atoms with van der Waals surface area (Å²) >= 11 is 0. The van der Waals surface area contributed by atoms with Crippen LogP contribution in [-0.2, 0) is 9.59 Å². The molecule has 158 valence electrons. The van der Waals surface area contributed by atoms with E-state index in [0.29, 0.717) is 29.9 Å². The number of carbonyl (C=O) groups is 2. The Bertz CT molecular complexity index is 1030. The highest BCUT2D eigenvalue weighted by Crippen LogP contribution is 2.27. The molecule has 2 amide bonds. The number of allylic oxidation sites excluding steroid dienone is 1. The predicted octanol–water partition coefficient (Wildman–Crippen LogP) is 5.02. The molecule has 1 heterocycles. The van der Waals surface area contributed by atoms with Gasteiger partial charge in [-0.2, -0.15) is 0 Å². The molecule has 3 aromatic rings. The van der Waals surface area contributed by atoms with Gasteiger partial charge in [0.25, 0.3) is 0 Å². The van der Waals surface area contributed by atoms with Crippen LogP contribution in [0.2, 0.25) is 0 Å². The number of hydrogen-bond donors (Lipinski definition) is 3. The summed E-state index contributed by atoms with van der Waals surface area (Å²) in [6.07, 6.45) is 9.29. The van der Waals surface area contributed by atoms with Crippen molar-refractivity contribution >= 4 is 28.9 Å². The highest BCUT2D eigenvalue weighted by Gasteiger charge is 2.06. The van der Waals surface area contributed by atoms with E-state index < -0.39 is 0 Å². The fraction of sp³-hybridized carbons (Fsp3) is 0.160. The molecule has 0 aliphatic carbocycles. The van der Waals surface area contributed by atoms with Crippen molar-refractivity contribution in [1.82, 2.24) is 4.98 Å². The van der Waals surface area contributed by atoms with Crippen molar-refractivity contribution in [2.24, 2.45) is 0 Å². The van der Waals surface area contributed by atoms with Crippen LogP contribution in [0.15, 0.2) is 85.2 Å². The molecule has 0 saturated heterocycles. The SMILES string of the molecule is Nc1ccc(-c2ccccc2)cc1NC(=O)C=CCCCCC(=O)Nc1cccnc1. The topological polar surface area (TPSA) is 97.1 Å². The molecule has 0 atom stereocenters. The van der Waals surface area contributed by atoms with Crippen molar-refractivity contribution in [3.05, 3.63) is 85.2 Å². The van der Waals surface area contributed by atoms with Crippen LogP contribution < -0.4 is 16.4 Å². The maximum Gasteiger partial charge on any atom is 0.248 e. The minimum absolute atomic E-state index is 0.0384. The van der Waals surface area contributed by atoms with E-state index in [1.165, 1.54) is 6.08 Å². The quantitative estimate of drug-likeness (QED) is 0.260. The average molecular weight is 415 g/mol. The Balaban J connectivity index is 1.41. The highest BCUT2D eigenvalue weighted by molar-refractivity contribution is 6.01. The van der Waals surface area contributed by atoms with Crippen molar-refractivity contribution in [3.63, 3.8) is 0 Å². The van der Waals surface area contributed by atoms with Crippen molar-refractivity contribution < 1.29 is 9.59 Å². The van der Waals surface area contributed by atoms with E-state index in [9.17, 15) is 9.59 Å². The molecule has 6 nitrogen and oxygen atoms in total. The third-order valence-electron chi connectivity index (χ3n) is 4.66. The Morgan fingerprint density at radius 1 is 0.935 bits per heavy atom. The number of benzene rings is 2. The van der Waals surface area contributed by atoms with Gasteiger partial charge in [-0.25, -0.2) is 0 Å². The third kappa shape index (κ3) is 7.12. The van der Waals surface area contributed by atoms with E-state index in [0.717, 1.165) is 24.0 Å². The molecule has 0 bridgehead atoms. The van der Waals surface area contributed by atoms with E-state index >= 15 is 0 Å². The van der Waals surface area contributed by atoms with Gasteiger partial charge >= 0.3 is 0 Å². The van der Waals surface area contributed by atoms with Gasteiger partial charge in [0.1, 0.15) is 0 Å². The lowest BCUT2D eigenvalue weighted by molar-refractivity contribution is -0.116. The lowest BCUT2D eigenvalue weighted by Gasteiger charge is -2.09. The second kappa shape index (κ2) is 11.3. The van der Waals surface area contributed by atoms with Gasteiger partial charge in [-0.1, -0.05) is 42.5 Å². The first kappa shape index (κ1) is 21.8. The molecule has 0 spiro atoms. The monoisotopic (exact) mass is 414 g/mol. The van der Waals surface area contributed by atoms with Crippen LogP contribution in [0.1, 0.15) is 25.7 Å². The summed E-state index contributed by atoms with van der Waals surface area (Å²) in [6, 6.07) is 19.1. The van der Waals surface area contributed by atoms with E-state index in [4.69, 9.17) is 5.73 Å². The normalized spacial score (nSPS) is 10.7. The number of amides is 2. The lowest BCUT2D eigenvalue weighted by atomic mass is 10.0. The van der Waals surface area contributed by atoms with E-state index in [2.05, 4.69) is 15.6 Å². The summed E-state index contributed by atoms with van der Waals surface area (Å²) in [5, 5.41) is 5.64. The molecule has 0 aliphatic heterocycles. The van der Waals surface area contributed by atoms with E-state index in [-0.39, 0.29) is 11.8 Å². The van der Waals surface area contributed by atoms with Crippen molar-refractivity contribution in [3.8, 4) is 11.1 Å². The standard InChI is InChI=1S/C25H26N4O2/c26-22-15-14-20(19-9-4-3-5-10-19)17-23(22)29-25(31)13-7-2-1-6-12-24(30)28-21-11-8-16-27-18-21/h3-5,7-11,13-18H,1-2,6,12,26H2,(H,28,30)(H,29,31). The van der Waals surface area contributed by atoms with Crippen molar-refractivity contribution in [2.45, 2.75) is 25.7 Å². The number of rotatable bonds is 9. The molecule has 4 N–H and O–H groups in total. The maximum atomic E-state index is 12.2. The number of hydrogen-bond acceptors (Lipinski definition) is 4. The van der Waals surface area contributed by atoms with Gasteiger partial charge in [0.2, 0.25) is 11.8 Å². The molecule has 0 radical (unpaired) electrons. The number of pyridine rings is 1. The largest absolute Gasteiger partial charge is 0.397 e. The van der Waals surface area contributed by atoms with Gasteiger partial charge in [0.05, 0.1) is 23.3 Å². The summed E-state index contributed by atoms with van der Waals surface area (Å²) in [5.41, 5.74) is 9.85. The molecule has 3 rings (SSSR count). The van der Waals surface area contributed by atoms with Gasteiger partial charge in [0, 0.05) is 12.6 Å². The van der Waals surface area contributed by atoms with Crippen LogP contribution >= 0.6 is 0 Å². The first-order valence-electron chi connectivity index (χ1n) is 10.2. The van der Waals surface area contributed by atoms with Gasteiger partial charge in [-0.05, 0) is 60.7 Å². The van der Waals surface area contributed by atoms with Gasteiger partial charge in [-0.3, -0.25) is 14.6 Å². The van der Waals surface area contributed by atoms with Crippen LogP contribution in [0.4, 0.5) is 17.1 Å². The lowest BCUT2D eigenvalue weighted by Crippen LogP contribution is -2.11. The number of nitrogen functional groups attached to an aromatic ring is 1. The number of carbonyl (C=O) groups excluding carboxylic acids is 2. The molecule has 1 aromatic heterocycles. The summed E-state index contributed by atoms with van der Waals surface area (Å²) in [6.45, 7) is 0. The fourth-order valence-corrected chi connectivity index (χ4v) is 3.05. The Hall–Kier alpha value is -3.93. The zero-order chi connectivity index (χ0) is 21.9. The van der Waals surface area contributed by atoms with Crippen molar-refractivity contribution in [2.75, 3.05) is 16.4 Å². The third-order valence-corrected chi connectivity index (χ3v) is 4.66. The number of unbranched alkanes of at least 4 members (excludes halogenated alkanes) is 2. The van der Waals surface area contributed by atoms with Crippen LogP contribution in [0.3, 0.4) is 0 Å². The summed E-state index contributed by atoms with van der Waals surface area (Å²) in [4.78, 5) is 28.1. The number of aromatic nitrogens is 1. The van der Waals surface area contributed by atoms with Gasteiger partial charge in [0.15, 0.2) is 0 Å². The minimum Gasteiger partial charge on any atom is -0.397 e. The van der Waals surface area contributed by atoms with Crippen LogP contribution in [-0.4, -0.2) is 16.8 Å². The van der Waals surface area contributed by atoms with Crippen LogP contribution in [0, 0.1) is 0 Å². The molecule has 0 aliphatic rings. The van der Waals surface area contributed by atoms with Crippen LogP contribution in [0.25, 0.3) is 11.1 Å². The first-order chi connectivity index (χ1) is 15.1. The maximum absolute atomic E-state index is 12.2. The molecule has 0 unspecified atom stereocenters. The second-order valence-corrected chi connectivity index (χ2v) is 7.10. The average Bonchev–Trinajstić information content (AvgIpc) is 2.79. The Kier molecular flexibility index (Phi) is 7.94. The molecular weight excluding hydrogens is 388 g/mol. The van der Waals surface area contributed by atoms with Crippen LogP contribution in [0.5, 0.6) is 0 Å². The summed E-state index contributed by atoms with van der Waals surface area (Å²) < 4.78 is 0. The number of nitrogens with one attached hydrogen (secondary N) is 2.